The Hall–Kier alpha value is -3.08. The number of rotatable bonds is 7. The van der Waals surface area contributed by atoms with E-state index >= 15 is 0 Å². The van der Waals surface area contributed by atoms with Gasteiger partial charge in [-0.3, -0.25) is 19.6 Å². The molecule has 3 aliphatic heterocycles. The minimum absolute atomic E-state index is 0.000561. The minimum atomic E-state index is -0.601. The maximum Gasteiger partial charge on any atom is 0.410 e. The highest BCUT2D eigenvalue weighted by Gasteiger charge is 2.43. The van der Waals surface area contributed by atoms with E-state index in [1.165, 1.54) is 12.1 Å². The Morgan fingerprint density at radius 2 is 1.82 bits per heavy atom. The van der Waals surface area contributed by atoms with Crippen molar-refractivity contribution in [2.75, 3.05) is 50.8 Å². The van der Waals surface area contributed by atoms with Crippen molar-refractivity contribution in [3.63, 3.8) is 0 Å². The third kappa shape index (κ3) is 7.24. The van der Waals surface area contributed by atoms with Crippen LogP contribution in [0, 0.1) is 5.82 Å². The monoisotopic (exact) mass is 609 g/mol. The van der Waals surface area contributed by atoms with Gasteiger partial charge < -0.3 is 19.6 Å². The number of nitrogens with zero attached hydrogens (tertiary/aromatic N) is 5. The number of pyridine rings is 1. The number of piperazine rings is 1. The van der Waals surface area contributed by atoms with Crippen LogP contribution in [0.3, 0.4) is 0 Å². The molecule has 1 aromatic carbocycles. The van der Waals surface area contributed by atoms with E-state index in [1.807, 2.05) is 38.8 Å². The predicted octanol–water partition coefficient (Wildman–Crippen LogP) is 4.20. The number of fused-ring (bicyclic) bond motifs is 1. The summed E-state index contributed by atoms with van der Waals surface area (Å²) < 4.78 is 19.2. The van der Waals surface area contributed by atoms with E-state index < -0.39 is 5.60 Å². The van der Waals surface area contributed by atoms with Crippen molar-refractivity contribution >= 4 is 17.7 Å². The summed E-state index contributed by atoms with van der Waals surface area (Å²) in [6.45, 7) is 15.2. The third-order valence-electron chi connectivity index (χ3n) is 9.11. The lowest BCUT2D eigenvalue weighted by molar-refractivity contribution is -0.121. The van der Waals surface area contributed by atoms with Gasteiger partial charge in [0.25, 0.3) is 0 Å². The van der Waals surface area contributed by atoms with Crippen LogP contribution in [-0.4, -0.2) is 106 Å². The van der Waals surface area contributed by atoms with Gasteiger partial charge in [0.1, 0.15) is 11.4 Å². The Morgan fingerprint density at radius 1 is 1.09 bits per heavy atom. The zero-order valence-electron chi connectivity index (χ0n) is 27.1. The lowest BCUT2D eigenvalue weighted by atomic mass is 9.91. The van der Waals surface area contributed by atoms with Gasteiger partial charge in [0.2, 0.25) is 5.91 Å². The van der Waals surface area contributed by atoms with Gasteiger partial charge >= 0.3 is 6.09 Å². The molecule has 5 rings (SSSR count). The van der Waals surface area contributed by atoms with E-state index in [1.54, 1.807) is 17.0 Å². The average molecular weight is 610 g/mol. The number of hydrogen-bond acceptors (Lipinski definition) is 7. The molecular formula is C34H48FN5O4. The lowest BCUT2D eigenvalue weighted by Gasteiger charge is -2.46. The van der Waals surface area contributed by atoms with Crippen molar-refractivity contribution < 1.29 is 23.8 Å². The van der Waals surface area contributed by atoms with E-state index in [9.17, 15) is 19.1 Å². The van der Waals surface area contributed by atoms with Gasteiger partial charge in [0.05, 0.1) is 24.5 Å². The summed E-state index contributed by atoms with van der Waals surface area (Å²) in [4.78, 5) is 40.3. The number of likely N-dealkylation sites (tertiary alicyclic amines) is 1. The average Bonchev–Trinajstić information content (AvgIpc) is 3.51. The zero-order chi connectivity index (χ0) is 31.8. The Balaban J connectivity index is 1.36. The van der Waals surface area contributed by atoms with Crippen LogP contribution in [0.4, 0.5) is 14.9 Å². The molecule has 0 radical (unpaired) electrons. The first kappa shape index (κ1) is 32.3. The van der Waals surface area contributed by atoms with Gasteiger partial charge in [-0.15, -0.1) is 0 Å². The highest BCUT2D eigenvalue weighted by molar-refractivity contribution is 5.97. The number of benzene rings is 1. The summed E-state index contributed by atoms with van der Waals surface area (Å²) in [5, 5.41) is 9.98. The van der Waals surface area contributed by atoms with Crippen molar-refractivity contribution in [2.24, 2.45) is 0 Å². The summed E-state index contributed by atoms with van der Waals surface area (Å²) in [6.07, 6.45) is 4.09. The number of ether oxygens (including phenoxy) is 1. The van der Waals surface area contributed by atoms with Crippen molar-refractivity contribution in [1.29, 1.82) is 0 Å². The summed E-state index contributed by atoms with van der Waals surface area (Å²) in [5.41, 5.74) is 2.77. The molecule has 44 heavy (non-hydrogen) atoms. The van der Waals surface area contributed by atoms with Crippen molar-refractivity contribution in [3.05, 3.63) is 59.2 Å². The topological polar surface area (TPSA) is 89.5 Å². The van der Waals surface area contributed by atoms with Gasteiger partial charge in [-0.25, -0.2) is 9.18 Å². The van der Waals surface area contributed by atoms with E-state index in [0.717, 1.165) is 41.9 Å². The summed E-state index contributed by atoms with van der Waals surface area (Å²) in [7, 11) is 0. The quantitative estimate of drug-likeness (QED) is 0.504. The number of aliphatic hydroxyl groups excluding tert-OH is 1. The second-order valence-corrected chi connectivity index (χ2v) is 14.4. The molecule has 0 aliphatic carbocycles. The van der Waals surface area contributed by atoms with Crippen LogP contribution in [0.1, 0.15) is 71.2 Å². The first-order chi connectivity index (χ1) is 20.7. The molecule has 2 fully saturated rings. The number of anilines is 1. The molecule has 3 atom stereocenters. The van der Waals surface area contributed by atoms with Crippen LogP contribution in [0.25, 0.3) is 0 Å². The van der Waals surface area contributed by atoms with Crippen LogP contribution >= 0.6 is 0 Å². The number of hydrogen-bond donors (Lipinski definition) is 1. The molecule has 0 bridgehead atoms. The molecule has 0 unspecified atom stereocenters. The Bertz CT molecular complexity index is 1340. The normalized spacial score (nSPS) is 24.0. The number of amides is 2. The number of carbonyl (C=O) groups is 2. The SMILES string of the molecule is C[C@@H]1CN(CC(=O)N2CC(C)(C)c3ncc(Cc4ccc(F)cc4)cc32)[C@@H](CN2CCC[C@H]2CO)CN1C(=O)OC(C)(C)C. The molecule has 1 N–H and O–H groups in total. The molecular weight excluding hydrogens is 561 g/mol. The first-order valence-electron chi connectivity index (χ1n) is 15.9. The molecule has 2 amide bonds. The number of halogens is 1. The number of aliphatic hydroxyl groups is 1. The fourth-order valence-electron chi connectivity index (χ4n) is 6.86. The van der Waals surface area contributed by atoms with Crippen LogP contribution in [0.15, 0.2) is 36.5 Å². The van der Waals surface area contributed by atoms with Gasteiger partial charge in [-0.05, 0) is 82.8 Å². The maximum atomic E-state index is 14.1. The number of carbonyl (C=O) groups excluding carboxylic acids is 2. The highest BCUT2D eigenvalue weighted by Crippen LogP contribution is 2.40. The molecule has 3 aliphatic rings. The maximum absolute atomic E-state index is 14.1. The van der Waals surface area contributed by atoms with Gasteiger partial charge in [0, 0.05) is 55.9 Å². The minimum Gasteiger partial charge on any atom is -0.444 e. The zero-order valence-corrected chi connectivity index (χ0v) is 27.1. The molecule has 1 aromatic heterocycles. The fourth-order valence-corrected chi connectivity index (χ4v) is 6.86. The smallest absolute Gasteiger partial charge is 0.410 e. The largest absolute Gasteiger partial charge is 0.444 e. The molecule has 240 valence electrons. The van der Waals surface area contributed by atoms with Crippen molar-refractivity contribution in [3.8, 4) is 0 Å². The standard InChI is InChI=1S/C34H48FN5O4/c1-23-17-38(28(18-37-13-7-8-27(37)21-41)19-39(23)32(43)44-33(2,3)4)20-30(42)40-22-34(5,6)31-29(40)15-25(16-36-31)14-24-9-11-26(35)12-10-24/h9-12,15-16,23,27-28,41H,7-8,13-14,17-22H2,1-6H3/t23-,27+,28+/m1/s1. The molecule has 4 heterocycles. The molecule has 9 nitrogen and oxygen atoms in total. The Morgan fingerprint density at radius 3 is 2.50 bits per heavy atom. The van der Waals surface area contributed by atoms with Gasteiger partial charge in [-0.2, -0.15) is 0 Å². The van der Waals surface area contributed by atoms with Gasteiger partial charge in [0.15, 0.2) is 0 Å². The Kier molecular flexibility index (Phi) is 9.35. The molecule has 2 saturated heterocycles. The van der Waals surface area contributed by atoms with Crippen LogP contribution < -0.4 is 4.90 Å². The second-order valence-electron chi connectivity index (χ2n) is 14.4. The number of aromatic nitrogens is 1. The van der Waals surface area contributed by atoms with Gasteiger partial charge in [-0.1, -0.05) is 26.0 Å². The fraction of sp³-hybridized carbons (Fsp3) is 0.618. The molecule has 2 aromatic rings. The summed E-state index contributed by atoms with van der Waals surface area (Å²) >= 11 is 0. The van der Waals surface area contributed by atoms with E-state index in [2.05, 4.69) is 29.7 Å². The van der Waals surface area contributed by atoms with Crippen molar-refractivity contribution in [1.82, 2.24) is 19.7 Å². The van der Waals surface area contributed by atoms with E-state index in [-0.39, 0.29) is 54.5 Å². The lowest BCUT2D eigenvalue weighted by Crippen LogP contribution is -2.63. The van der Waals surface area contributed by atoms with E-state index in [4.69, 9.17) is 9.72 Å². The molecule has 10 heteroatoms. The molecule has 0 spiro atoms. The molecule has 0 saturated carbocycles. The van der Waals surface area contributed by atoms with Crippen LogP contribution in [-0.2, 0) is 21.4 Å². The first-order valence-corrected chi connectivity index (χ1v) is 15.9. The highest BCUT2D eigenvalue weighted by atomic mass is 19.1. The second kappa shape index (κ2) is 12.7. The van der Waals surface area contributed by atoms with Crippen molar-refractivity contribution in [2.45, 2.75) is 89.9 Å². The predicted molar refractivity (Wildman–Crippen MR) is 168 cm³/mol. The summed E-state index contributed by atoms with van der Waals surface area (Å²) in [5.74, 6) is -0.267. The van der Waals surface area contributed by atoms with E-state index in [0.29, 0.717) is 32.6 Å². The Labute approximate surface area is 261 Å². The van der Waals surface area contributed by atoms with Crippen LogP contribution in [0.5, 0.6) is 0 Å². The van der Waals surface area contributed by atoms with Crippen LogP contribution in [0.2, 0.25) is 0 Å². The third-order valence-corrected chi connectivity index (χ3v) is 9.11. The summed E-state index contributed by atoms with van der Waals surface area (Å²) in [6, 6.07) is 8.39.